The summed E-state index contributed by atoms with van der Waals surface area (Å²) in [5, 5.41) is 0.261. The van der Waals surface area contributed by atoms with Gasteiger partial charge in [-0.05, 0) is 36.5 Å². The Labute approximate surface area is 98.7 Å². The quantitative estimate of drug-likeness (QED) is 0.816. The summed E-state index contributed by atoms with van der Waals surface area (Å²) >= 11 is 10.2. The van der Waals surface area contributed by atoms with E-state index in [1.807, 2.05) is 0 Å². The lowest BCUT2D eigenvalue weighted by Crippen LogP contribution is -2.36. The SMILES string of the molecule is CN(C(N)=S)S(=O)(=O)c1ccc(Cl)cc1. The predicted molar refractivity (Wildman–Crippen MR) is 63.2 cm³/mol. The maximum absolute atomic E-state index is 11.8. The highest BCUT2D eigenvalue weighted by Gasteiger charge is 2.21. The van der Waals surface area contributed by atoms with Gasteiger partial charge in [0.05, 0.1) is 4.90 Å². The van der Waals surface area contributed by atoms with Gasteiger partial charge in [-0.15, -0.1) is 0 Å². The van der Waals surface area contributed by atoms with E-state index in [1.54, 1.807) is 0 Å². The molecule has 2 N–H and O–H groups in total. The highest BCUT2D eigenvalue weighted by Crippen LogP contribution is 2.17. The molecule has 1 rings (SSSR count). The molecule has 0 aliphatic carbocycles. The molecule has 15 heavy (non-hydrogen) atoms. The minimum absolute atomic E-state index is 0.0993. The number of halogens is 1. The lowest BCUT2D eigenvalue weighted by atomic mass is 10.4. The van der Waals surface area contributed by atoms with E-state index >= 15 is 0 Å². The van der Waals surface area contributed by atoms with Gasteiger partial charge in [-0.1, -0.05) is 11.6 Å². The summed E-state index contributed by atoms with van der Waals surface area (Å²) in [6.07, 6.45) is 0. The van der Waals surface area contributed by atoms with Crippen LogP contribution in [0.3, 0.4) is 0 Å². The number of nitrogens with zero attached hydrogens (tertiary/aromatic N) is 1. The Hall–Kier alpha value is -0.850. The third-order valence-electron chi connectivity index (χ3n) is 1.78. The van der Waals surface area contributed by atoms with Crippen LogP contribution in [0.2, 0.25) is 5.02 Å². The average Bonchev–Trinajstić information content (AvgIpc) is 2.17. The van der Waals surface area contributed by atoms with Gasteiger partial charge in [0.15, 0.2) is 5.11 Å². The first-order chi connectivity index (χ1) is 6.85. The van der Waals surface area contributed by atoms with Crippen molar-refractivity contribution in [1.82, 2.24) is 4.31 Å². The fraction of sp³-hybridized carbons (Fsp3) is 0.125. The molecular weight excluding hydrogens is 256 g/mol. The van der Waals surface area contributed by atoms with Crippen LogP contribution in [-0.4, -0.2) is 24.9 Å². The van der Waals surface area contributed by atoms with Crippen LogP contribution in [0.5, 0.6) is 0 Å². The van der Waals surface area contributed by atoms with Crippen molar-refractivity contribution in [2.75, 3.05) is 7.05 Å². The van der Waals surface area contributed by atoms with Gasteiger partial charge in [-0.2, -0.15) is 0 Å². The molecule has 0 aromatic heterocycles. The monoisotopic (exact) mass is 264 g/mol. The minimum Gasteiger partial charge on any atom is -0.375 e. The van der Waals surface area contributed by atoms with Crippen LogP contribution in [0.1, 0.15) is 0 Å². The van der Waals surface area contributed by atoms with E-state index in [4.69, 9.17) is 17.3 Å². The summed E-state index contributed by atoms with van der Waals surface area (Å²) in [6.45, 7) is 0. The van der Waals surface area contributed by atoms with Crippen molar-refractivity contribution in [2.24, 2.45) is 5.73 Å². The molecule has 0 saturated carbocycles. The van der Waals surface area contributed by atoms with Gasteiger partial charge in [0.25, 0.3) is 10.0 Å². The maximum Gasteiger partial charge on any atom is 0.265 e. The first kappa shape index (κ1) is 12.2. The molecular formula is C8H9ClN2O2S2. The van der Waals surface area contributed by atoms with E-state index in [0.717, 1.165) is 4.31 Å². The van der Waals surface area contributed by atoms with Crippen molar-refractivity contribution in [1.29, 1.82) is 0 Å². The van der Waals surface area contributed by atoms with Gasteiger partial charge < -0.3 is 5.73 Å². The van der Waals surface area contributed by atoms with Crippen LogP contribution < -0.4 is 5.73 Å². The van der Waals surface area contributed by atoms with Gasteiger partial charge in [-0.25, -0.2) is 12.7 Å². The van der Waals surface area contributed by atoms with Crippen LogP contribution in [0.15, 0.2) is 29.2 Å². The third kappa shape index (κ3) is 2.58. The molecule has 0 amide bonds. The molecule has 1 aromatic rings. The normalized spacial score (nSPS) is 11.1. The summed E-state index contributed by atoms with van der Waals surface area (Å²) in [7, 11) is -2.35. The number of nitrogens with two attached hydrogens (primary N) is 1. The van der Waals surface area contributed by atoms with E-state index in [-0.39, 0.29) is 10.0 Å². The van der Waals surface area contributed by atoms with E-state index in [0.29, 0.717) is 5.02 Å². The van der Waals surface area contributed by atoms with Gasteiger partial charge in [0.1, 0.15) is 0 Å². The van der Waals surface area contributed by atoms with E-state index in [9.17, 15) is 8.42 Å². The van der Waals surface area contributed by atoms with Crippen LogP contribution in [0, 0.1) is 0 Å². The van der Waals surface area contributed by atoms with Crippen LogP contribution >= 0.6 is 23.8 Å². The number of rotatable bonds is 2. The number of benzene rings is 1. The van der Waals surface area contributed by atoms with Crippen molar-refractivity contribution < 1.29 is 8.42 Å². The minimum atomic E-state index is -3.65. The van der Waals surface area contributed by atoms with Crippen LogP contribution in [0.4, 0.5) is 0 Å². The fourth-order valence-electron chi connectivity index (χ4n) is 0.883. The Morgan fingerprint density at radius 1 is 1.40 bits per heavy atom. The Bertz CT molecular complexity index is 470. The Kier molecular flexibility index (Phi) is 3.54. The molecule has 0 unspecified atom stereocenters. The summed E-state index contributed by atoms with van der Waals surface area (Å²) in [5.41, 5.74) is 5.24. The van der Waals surface area contributed by atoms with Crippen LogP contribution in [-0.2, 0) is 10.0 Å². The smallest absolute Gasteiger partial charge is 0.265 e. The highest BCUT2D eigenvalue weighted by molar-refractivity contribution is 7.91. The summed E-state index contributed by atoms with van der Waals surface area (Å²) < 4.78 is 24.4. The van der Waals surface area contributed by atoms with Gasteiger partial charge in [0, 0.05) is 12.1 Å². The Morgan fingerprint density at radius 3 is 2.27 bits per heavy atom. The van der Waals surface area contributed by atoms with Crippen LogP contribution in [0.25, 0.3) is 0 Å². The predicted octanol–water partition coefficient (Wildman–Crippen LogP) is 1.20. The standard InChI is InChI=1S/C8H9ClN2O2S2/c1-11(8(10)14)15(12,13)7-4-2-6(9)3-5-7/h2-5H,1H3,(H2,10,14). The maximum atomic E-state index is 11.8. The number of hydrogen-bond acceptors (Lipinski definition) is 3. The zero-order valence-corrected chi connectivity index (χ0v) is 10.2. The lowest BCUT2D eigenvalue weighted by molar-refractivity contribution is 0.553. The summed E-state index contributed by atoms with van der Waals surface area (Å²) in [5.74, 6) is 0. The van der Waals surface area contributed by atoms with Gasteiger partial charge in [0.2, 0.25) is 0 Å². The van der Waals surface area contributed by atoms with Crippen molar-refractivity contribution >= 4 is 39.0 Å². The number of hydrogen-bond donors (Lipinski definition) is 1. The molecule has 0 atom stereocenters. The van der Waals surface area contributed by atoms with Crippen molar-refractivity contribution in [2.45, 2.75) is 4.90 Å². The molecule has 82 valence electrons. The Morgan fingerprint density at radius 2 is 1.87 bits per heavy atom. The molecule has 0 bridgehead atoms. The molecule has 4 nitrogen and oxygen atoms in total. The highest BCUT2D eigenvalue weighted by atomic mass is 35.5. The zero-order chi connectivity index (χ0) is 11.6. The second kappa shape index (κ2) is 4.34. The third-order valence-corrected chi connectivity index (χ3v) is 4.21. The van der Waals surface area contributed by atoms with Crippen molar-refractivity contribution in [3.8, 4) is 0 Å². The first-order valence-electron chi connectivity index (χ1n) is 3.89. The average molecular weight is 265 g/mol. The molecule has 0 fully saturated rings. The van der Waals surface area contributed by atoms with Gasteiger partial charge in [-0.3, -0.25) is 0 Å². The van der Waals surface area contributed by atoms with Crippen molar-refractivity contribution in [3.05, 3.63) is 29.3 Å². The number of sulfonamides is 1. The Balaban J connectivity index is 3.17. The van der Waals surface area contributed by atoms with E-state index < -0.39 is 10.0 Å². The van der Waals surface area contributed by atoms with Crippen molar-refractivity contribution in [3.63, 3.8) is 0 Å². The topological polar surface area (TPSA) is 63.4 Å². The lowest BCUT2D eigenvalue weighted by Gasteiger charge is -2.16. The summed E-state index contributed by atoms with van der Waals surface area (Å²) in [6, 6.07) is 5.77. The van der Waals surface area contributed by atoms with E-state index in [2.05, 4.69) is 12.2 Å². The van der Waals surface area contributed by atoms with E-state index in [1.165, 1.54) is 31.3 Å². The van der Waals surface area contributed by atoms with Gasteiger partial charge >= 0.3 is 0 Å². The molecule has 0 saturated heterocycles. The second-order valence-electron chi connectivity index (χ2n) is 2.76. The molecule has 0 spiro atoms. The molecule has 0 aliphatic heterocycles. The second-order valence-corrected chi connectivity index (χ2v) is 5.59. The summed E-state index contributed by atoms with van der Waals surface area (Å²) in [4.78, 5) is 0.0993. The molecule has 0 heterocycles. The molecule has 0 aliphatic rings. The first-order valence-corrected chi connectivity index (χ1v) is 6.12. The molecule has 0 radical (unpaired) electrons. The largest absolute Gasteiger partial charge is 0.375 e. The molecule has 7 heteroatoms. The zero-order valence-electron chi connectivity index (χ0n) is 7.84. The fourth-order valence-corrected chi connectivity index (χ4v) is 2.34. The molecule has 1 aromatic carbocycles. The number of thiocarbonyl (C=S) groups is 1.